The molecule has 1 atom stereocenters. The van der Waals surface area contributed by atoms with Crippen LogP contribution in [-0.4, -0.2) is 30.6 Å². The Morgan fingerprint density at radius 2 is 1.84 bits per heavy atom. The molecule has 0 saturated heterocycles. The number of esters is 1. The summed E-state index contributed by atoms with van der Waals surface area (Å²) in [6.45, 7) is 3.21. The zero-order valence-electron chi connectivity index (χ0n) is 17.6. The lowest BCUT2D eigenvalue weighted by molar-refractivity contribution is -0.139. The van der Waals surface area contributed by atoms with Crippen molar-refractivity contribution in [2.75, 3.05) is 18.6 Å². The van der Waals surface area contributed by atoms with Crippen molar-refractivity contribution >= 4 is 17.7 Å². The molecule has 2 aromatic rings. The molecule has 166 valence electrons. The first kappa shape index (κ1) is 22.9. The van der Waals surface area contributed by atoms with Gasteiger partial charge in [-0.2, -0.15) is 18.4 Å². The van der Waals surface area contributed by atoms with Gasteiger partial charge >= 0.3 is 18.2 Å². The zero-order chi connectivity index (χ0) is 23.6. The van der Waals surface area contributed by atoms with Gasteiger partial charge in [-0.3, -0.25) is 4.90 Å². The monoisotopic (exact) mass is 443 g/mol. The summed E-state index contributed by atoms with van der Waals surface area (Å²) in [6, 6.07) is 11.3. The van der Waals surface area contributed by atoms with Gasteiger partial charge in [-0.25, -0.2) is 9.59 Å². The molecule has 2 amide bonds. The Morgan fingerprint density at radius 3 is 2.41 bits per heavy atom. The van der Waals surface area contributed by atoms with E-state index in [1.807, 2.05) is 6.07 Å². The van der Waals surface area contributed by atoms with Crippen LogP contribution in [0.25, 0.3) is 0 Å². The molecule has 9 heteroatoms. The predicted octanol–water partition coefficient (Wildman–Crippen LogP) is 5.03. The molecule has 1 aliphatic heterocycles. The maximum Gasteiger partial charge on any atom is 0.416 e. The number of carbonyl (C=O) groups is 2. The minimum absolute atomic E-state index is 0.0192. The molecule has 0 spiro atoms. The Labute approximate surface area is 183 Å². The molecule has 0 saturated carbocycles. The number of alkyl halides is 3. The number of hydrogen-bond donors (Lipinski definition) is 0. The maximum absolute atomic E-state index is 13.3. The average molecular weight is 443 g/mol. The van der Waals surface area contributed by atoms with Crippen LogP contribution in [0.2, 0.25) is 0 Å². The molecule has 3 rings (SSSR count). The van der Waals surface area contributed by atoms with Crippen LogP contribution in [0.5, 0.6) is 0 Å². The fourth-order valence-electron chi connectivity index (χ4n) is 3.65. The second kappa shape index (κ2) is 8.75. The highest BCUT2D eigenvalue weighted by molar-refractivity contribution is 6.03. The number of anilines is 1. The van der Waals surface area contributed by atoms with E-state index in [0.717, 1.165) is 17.0 Å². The maximum atomic E-state index is 13.3. The average Bonchev–Trinajstić information content (AvgIpc) is 2.76. The van der Waals surface area contributed by atoms with Crippen molar-refractivity contribution < 1.29 is 27.5 Å². The number of hydrogen-bond acceptors (Lipinski definition) is 4. The Bertz CT molecular complexity index is 1120. The number of nitrogens with zero attached hydrogens (tertiary/aromatic N) is 3. The van der Waals surface area contributed by atoms with Crippen LogP contribution in [0.1, 0.15) is 36.6 Å². The van der Waals surface area contributed by atoms with E-state index in [1.54, 1.807) is 31.2 Å². The number of likely N-dealkylation sites (N-methyl/N-ethyl adjacent to an activating group) is 1. The van der Waals surface area contributed by atoms with E-state index in [2.05, 4.69) is 0 Å². The lowest BCUT2D eigenvalue weighted by Gasteiger charge is -2.41. The number of ether oxygens (including phenoxy) is 1. The third kappa shape index (κ3) is 4.17. The second-order valence-corrected chi connectivity index (χ2v) is 7.13. The Morgan fingerprint density at radius 1 is 1.19 bits per heavy atom. The summed E-state index contributed by atoms with van der Waals surface area (Å²) < 4.78 is 44.9. The summed E-state index contributed by atoms with van der Waals surface area (Å²) in [6.07, 6.45) is -4.59. The van der Waals surface area contributed by atoms with Crippen molar-refractivity contribution in [3.63, 3.8) is 0 Å². The van der Waals surface area contributed by atoms with Crippen molar-refractivity contribution in [3.05, 3.63) is 76.5 Å². The predicted molar refractivity (Wildman–Crippen MR) is 110 cm³/mol. The summed E-state index contributed by atoms with van der Waals surface area (Å²) in [5, 5.41) is 9.04. The van der Waals surface area contributed by atoms with Crippen LogP contribution < -0.4 is 4.90 Å². The van der Waals surface area contributed by atoms with Gasteiger partial charge in [0.1, 0.15) is 0 Å². The van der Waals surface area contributed by atoms with Crippen LogP contribution in [0.3, 0.4) is 0 Å². The molecule has 0 aliphatic carbocycles. The van der Waals surface area contributed by atoms with Crippen molar-refractivity contribution in [1.82, 2.24) is 4.90 Å². The SMILES string of the molecule is CCOC(=O)C1=C(C)N(c2cccc(C(F)(F)F)c2)C(=O)N(C)C1c1ccc(C#N)cc1. The number of allylic oxidation sites excluding steroid dienone is 1. The summed E-state index contributed by atoms with van der Waals surface area (Å²) in [5.41, 5.74) is 0.323. The summed E-state index contributed by atoms with van der Waals surface area (Å²) in [7, 11) is 1.46. The normalized spacial score (nSPS) is 16.8. The molecule has 1 aliphatic rings. The standard InChI is InChI=1S/C23H20F3N3O3/c1-4-32-21(30)19-14(2)29(18-7-5-6-17(12-18)23(24,25)26)22(31)28(3)20(19)16-10-8-15(13-27)9-11-16/h5-12,20H,4H2,1-3H3. The van der Waals surface area contributed by atoms with Gasteiger partial charge in [-0.15, -0.1) is 0 Å². The van der Waals surface area contributed by atoms with Crippen molar-refractivity contribution in [2.45, 2.75) is 26.1 Å². The molecular formula is C23H20F3N3O3. The highest BCUT2D eigenvalue weighted by Crippen LogP contribution is 2.40. The molecule has 0 aromatic heterocycles. The third-order valence-electron chi connectivity index (χ3n) is 5.16. The molecule has 0 bridgehead atoms. The van der Waals surface area contributed by atoms with Gasteiger partial charge in [0.2, 0.25) is 0 Å². The van der Waals surface area contributed by atoms with Gasteiger partial charge in [-0.05, 0) is 49.7 Å². The molecule has 0 radical (unpaired) electrons. The summed E-state index contributed by atoms with van der Waals surface area (Å²) in [5.74, 6) is -0.685. The number of rotatable bonds is 4. The zero-order valence-corrected chi connectivity index (χ0v) is 17.6. The van der Waals surface area contributed by atoms with Gasteiger partial charge in [0, 0.05) is 12.7 Å². The van der Waals surface area contributed by atoms with E-state index in [1.165, 1.54) is 31.0 Å². The largest absolute Gasteiger partial charge is 0.463 e. The first-order valence-electron chi connectivity index (χ1n) is 9.72. The second-order valence-electron chi connectivity index (χ2n) is 7.13. The summed E-state index contributed by atoms with van der Waals surface area (Å²) >= 11 is 0. The van der Waals surface area contributed by atoms with Gasteiger partial charge in [0.25, 0.3) is 0 Å². The fourth-order valence-corrected chi connectivity index (χ4v) is 3.65. The van der Waals surface area contributed by atoms with E-state index in [0.29, 0.717) is 11.1 Å². The van der Waals surface area contributed by atoms with Crippen LogP contribution in [0.15, 0.2) is 59.8 Å². The molecule has 6 nitrogen and oxygen atoms in total. The minimum atomic E-state index is -4.59. The molecular weight excluding hydrogens is 423 g/mol. The quantitative estimate of drug-likeness (QED) is 0.622. The van der Waals surface area contributed by atoms with Crippen molar-refractivity contribution in [3.8, 4) is 6.07 Å². The number of benzene rings is 2. The Kier molecular flexibility index (Phi) is 6.25. The number of nitriles is 1. The third-order valence-corrected chi connectivity index (χ3v) is 5.16. The lowest BCUT2D eigenvalue weighted by Crippen LogP contribution is -2.49. The van der Waals surface area contributed by atoms with Gasteiger partial charge in [-0.1, -0.05) is 18.2 Å². The van der Waals surface area contributed by atoms with E-state index in [-0.39, 0.29) is 23.6 Å². The van der Waals surface area contributed by atoms with Crippen LogP contribution in [-0.2, 0) is 15.7 Å². The molecule has 1 unspecified atom stereocenters. The van der Waals surface area contributed by atoms with Crippen LogP contribution >= 0.6 is 0 Å². The number of halogens is 3. The topological polar surface area (TPSA) is 73.6 Å². The highest BCUT2D eigenvalue weighted by atomic mass is 19.4. The van der Waals surface area contributed by atoms with E-state index in [4.69, 9.17) is 10.00 Å². The van der Waals surface area contributed by atoms with Crippen molar-refractivity contribution in [2.24, 2.45) is 0 Å². The van der Waals surface area contributed by atoms with Gasteiger partial charge in [0.05, 0.1) is 41.1 Å². The van der Waals surface area contributed by atoms with E-state index >= 15 is 0 Å². The lowest BCUT2D eigenvalue weighted by atomic mass is 9.92. The molecule has 0 fully saturated rings. The molecule has 2 aromatic carbocycles. The van der Waals surface area contributed by atoms with Gasteiger partial charge < -0.3 is 9.64 Å². The minimum Gasteiger partial charge on any atom is -0.463 e. The van der Waals surface area contributed by atoms with Crippen molar-refractivity contribution in [1.29, 1.82) is 5.26 Å². The van der Waals surface area contributed by atoms with Crippen LogP contribution in [0.4, 0.5) is 23.7 Å². The first-order chi connectivity index (χ1) is 15.1. The number of urea groups is 1. The first-order valence-corrected chi connectivity index (χ1v) is 9.72. The Balaban J connectivity index is 2.19. The molecule has 0 N–H and O–H groups in total. The smallest absolute Gasteiger partial charge is 0.416 e. The summed E-state index contributed by atoms with van der Waals surface area (Å²) in [4.78, 5) is 28.5. The number of carbonyl (C=O) groups excluding carboxylic acids is 2. The Hall–Kier alpha value is -3.80. The highest BCUT2D eigenvalue weighted by Gasteiger charge is 2.41. The molecule has 1 heterocycles. The fraction of sp³-hybridized carbons (Fsp3) is 0.261. The van der Waals surface area contributed by atoms with E-state index < -0.39 is 29.8 Å². The van der Waals surface area contributed by atoms with Crippen LogP contribution in [0, 0.1) is 11.3 Å². The van der Waals surface area contributed by atoms with E-state index in [9.17, 15) is 22.8 Å². The van der Waals surface area contributed by atoms with Gasteiger partial charge in [0.15, 0.2) is 0 Å². The number of amides is 2. The molecule has 32 heavy (non-hydrogen) atoms.